The van der Waals surface area contributed by atoms with Crippen LogP contribution in [0.3, 0.4) is 0 Å². The minimum Gasteiger partial charge on any atom is -0.364 e. The number of rotatable bonds is 6. The number of alkyl halides is 10. The molecule has 0 atom stereocenters. The Balaban J connectivity index is 6.21. The van der Waals surface area contributed by atoms with Gasteiger partial charge in [0.15, 0.2) is 0 Å². The van der Waals surface area contributed by atoms with Crippen LogP contribution >= 0.6 is 0 Å². The molecule has 0 rings (SSSR count). The van der Waals surface area contributed by atoms with E-state index >= 15 is 0 Å². The lowest BCUT2D eigenvalue weighted by atomic mass is 9.94. The molecule has 4 N–H and O–H groups in total. The summed E-state index contributed by atoms with van der Waals surface area (Å²) in [6.07, 6.45) is 0. The molecule has 0 aromatic heterocycles. The fraction of sp³-hybridized carbons (Fsp3) is 0.714. The van der Waals surface area contributed by atoms with E-state index in [1.165, 1.54) is 0 Å². The molecule has 0 fully saturated rings. The van der Waals surface area contributed by atoms with Gasteiger partial charge >= 0.3 is 29.6 Å². The fourth-order valence-electron chi connectivity index (χ4n) is 0.901. The Hall–Kier alpha value is -1.76. The van der Waals surface area contributed by atoms with Gasteiger partial charge in [-0.15, -0.1) is 0 Å². The number of hydrogen-bond donors (Lipinski definition) is 2. The predicted octanol–water partition coefficient (Wildman–Crippen LogP) is 1.13. The van der Waals surface area contributed by atoms with Crippen LogP contribution in [0.25, 0.3) is 0 Å². The van der Waals surface area contributed by atoms with Gasteiger partial charge in [-0.25, -0.2) is 0 Å². The summed E-state index contributed by atoms with van der Waals surface area (Å²) in [5, 5.41) is 0. The van der Waals surface area contributed by atoms with Gasteiger partial charge < -0.3 is 11.5 Å². The molecular weight excluding hydrogens is 334 g/mol. The number of nitrogens with two attached hydrogens (primary N) is 2. The highest BCUT2D eigenvalue weighted by atomic mass is 19.4. The molecule has 0 unspecified atom stereocenters. The monoisotopic (exact) mass is 338 g/mol. The van der Waals surface area contributed by atoms with Crippen LogP contribution in [0.5, 0.6) is 0 Å². The number of carbonyl (C=O) groups excluding carboxylic acids is 2. The van der Waals surface area contributed by atoms with Crippen molar-refractivity contribution in [3.05, 3.63) is 0 Å². The van der Waals surface area contributed by atoms with Gasteiger partial charge in [-0.05, 0) is 0 Å². The van der Waals surface area contributed by atoms with Crippen LogP contribution in [0.1, 0.15) is 0 Å². The van der Waals surface area contributed by atoms with Crippen molar-refractivity contribution in [1.82, 2.24) is 0 Å². The third-order valence-corrected chi connectivity index (χ3v) is 2.20. The molecule has 14 heteroatoms. The summed E-state index contributed by atoms with van der Waals surface area (Å²) in [4.78, 5) is 19.9. The lowest BCUT2D eigenvalue weighted by Gasteiger charge is -2.37. The van der Waals surface area contributed by atoms with Gasteiger partial charge in [-0.2, -0.15) is 43.9 Å². The first-order valence-electron chi connectivity index (χ1n) is 4.38. The quantitative estimate of drug-likeness (QED) is 0.712. The molecule has 0 heterocycles. The third kappa shape index (κ3) is 2.25. The first-order chi connectivity index (χ1) is 8.89. The third-order valence-electron chi connectivity index (χ3n) is 2.20. The van der Waals surface area contributed by atoms with Crippen molar-refractivity contribution in [2.75, 3.05) is 0 Å². The molecule has 0 bridgehead atoms. The van der Waals surface area contributed by atoms with Crippen LogP contribution in [0.2, 0.25) is 0 Å². The standard InChI is InChI=1S/C7H4F10N2O2/c8-3(9,1(18)20)5(12,13)7(16,17)6(14,15)4(10,11)2(19)21/h(H2,18,20)(H2,19,21). The van der Waals surface area contributed by atoms with E-state index in [-0.39, 0.29) is 0 Å². The van der Waals surface area contributed by atoms with E-state index in [0.29, 0.717) is 0 Å². The largest absolute Gasteiger partial charge is 0.392 e. The summed E-state index contributed by atoms with van der Waals surface area (Å²) < 4.78 is 127. The van der Waals surface area contributed by atoms with Crippen LogP contribution in [0, 0.1) is 0 Å². The molecule has 0 aliphatic carbocycles. The van der Waals surface area contributed by atoms with Crippen molar-refractivity contribution < 1.29 is 53.5 Å². The maximum absolute atomic E-state index is 12.8. The van der Waals surface area contributed by atoms with Gasteiger partial charge in [0.1, 0.15) is 0 Å². The predicted molar refractivity (Wildman–Crippen MR) is 43.1 cm³/mol. The second kappa shape index (κ2) is 4.62. The van der Waals surface area contributed by atoms with Crippen molar-refractivity contribution in [2.45, 2.75) is 29.6 Å². The molecular formula is C7H4F10N2O2. The maximum atomic E-state index is 12.8. The summed E-state index contributed by atoms with van der Waals surface area (Å²) in [5.41, 5.74) is 7.28. The molecule has 0 spiro atoms. The molecule has 2 amide bonds. The molecule has 4 nitrogen and oxygen atoms in total. The zero-order chi connectivity index (χ0) is 17.7. The lowest BCUT2D eigenvalue weighted by Crippen LogP contribution is -2.71. The van der Waals surface area contributed by atoms with Crippen LogP contribution in [0.4, 0.5) is 43.9 Å². The smallest absolute Gasteiger partial charge is 0.364 e. The Morgan fingerprint density at radius 2 is 0.714 bits per heavy atom. The minimum atomic E-state index is -7.54. The minimum absolute atomic E-state index is 3.48. The molecule has 0 aromatic rings. The normalized spacial score (nSPS) is 15.0. The van der Waals surface area contributed by atoms with E-state index in [9.17, 15) is 53.5 Å². The molecule has 21 heavy (non-hydrogen) atoms. The highest BCUT2D eigenvalue weighted by molar-refractivity contribution is 5.84. The second-order valence-corrected chi connectivity index (χ2v) is 3.60. The number of carbonyl (C=O) groups is 2. The molecule has 0 aliphatic heterocycles. The van der Waals surface area contributed by atoms with Crippen molar-refractivity contribution >= 4 is 11.8 Å². The van der Waals surface area contributed by atoms with Crippen LogP contribution in [-0.4, -0.2) is 41.4 Å². The summed E-state index contributed by atoms with van der Waals surface area (Å²) in [7, 11) is 0. The van der Waals surface area contributed by atoms with Crippen LogP contribution < -0.4 is 11.5 Å². The zero-order valence-corrected chi connectivity index (χ0v) is 9.25. The highest BCUT2D eigenvalue weighted by Crippen LogP contribution is 2.56. The maximum Gasteiger partial charge on any atom is 0.392 e. The van der Waals surface area contributed by atoms with Gasteiger partial charge in [0.05, 0.1) is 0 Å². The first-order valence-corrected chi connectivity index (χ1v) is 4.38. The van der Waals surface area contributed by atoms with Crippen molar-refractivity contribution in [2.24, 2.45) is 11.5 Å². The average molecular weight is 338 g/mol. The van der Waals surface area contributed by atoms with E-state index < -0.39 is 41.4 Å². The van der Waals surface area contributed by atoms with Gasteiger partial charge in [0.2, 0.25) is 0 Å². The van der Waals surface area contributed by atoms with Crippen molar-refractivity contribution in [3.8, 4) is 0 Å². The summed E-state index contributed by atoms with van der Waals surface area (Å²) in [6.45, 7) is 0. The lowest BCUT2D eigenvalue weighted by molar-refractivity contribution is -0.387. The molecule has 124 valence electrons. The Labute approximate surface area is 108 Å². The van der Waals surface area contributed by atoms with Gasteiger partial charge in [-0.1, -0.05) is 0 Å². The highest BCUT2D eigenvalue weighted by Gasteiger charge is 2.88. The van der Waals surface area contributed by atoms with E-state index in [1.807, 2.05) is 0 Å². The van der Waals surface area contributed by atoms with E-state index in [2.05, 4.69) is 11.5 Å². The molecule has 0 saturated heterocycles. The van der Waals surface area contributed by atoms with Crippen LogP contribution in [0.15, 0.2) is 0 Å². The Morgan fingerprint density at radius 1 is 0.524 bits per heavy atom. The topological polar surface area (TPSA) is 86.2 Å². The first kappa shape index (κ1) is 19.2. The molecule has 0 aliphatic rings. The Kier molecular flexibility index (Phi) is 4.24. The number of amides is 2. The summed E-state index contributed by atoms with van der Waals surface area (Å²) in [6, 6.07) is 0. The van der Waals surface area contributed by atoms with E-state index in [0.717, 1.165) is 0 Å². The van der Waals surface area contributed by atoms with Gasteiger partial charge in [0.25, 0.3) is 11.8 Å². The summed E-state index contributed by atoms with van der Waals surface area (Å²) in [5.74, 6) is -42.4. The Morgan fingerprint density at radius 3 is 0.857 bits per heavy atom. The molecule has 0 radical (unpaired) electrons. The van der Waals surface area contributed by atoms with Gasteiger partial charge in [-0.3, -0.25) is 9.59 Å². The van der Waals surface area contributed by atoms with Crippen molar-refractivity contribution in [1.29, 1.82) is 0 Å². The zero-order valence-electron chi connectivity index (χ0n) is 9.25. The molecule has 0 aromatic carbocycles. The SMILES string of the molecule is NC(=O)C(F)(F)C(F)(F)C(F)(F)C(F)(F)C(F)(F)C(N)=O. The fourth-order valence-corrected chi connectivity index (χ4v) is 0.901. The number of hydrogen-bond acceptors (Lipinski definition) is 2. The summed E-state index contributed by atoms with van der Waals surface area (Å²) >= 11 is 0. The Bertz CT molecular complexity index is 420. The van der Waals surface area contributed by atoms with Gasteiger partial charge in [0, 0.05) is 0 Å². The van der Waals surface area contributed by atoms with E-state index in [1.54, 1.807) is 0 Å². The second-order valence-electron chi connectivity index (χ2n) is 3.60. The molecule has 0 saturated carbocycles. The average Bonchev–Trinajstić information content (AvgIpc) is 2.27. The van der Waals surface area contributed by atoms with E-state index in [4.69, 9.17) is 0 Å². The van der Waals surface area contributed by atoms with Crippen LogP contribution in [-0.2, 0) is 9.59 Å². The van der Waals surface area contributed by atoms with Crippen molar-refractivity contribution in [3.63, 3.8) is 0 Å². The number of halogens is 10. The number of primary amides is 2.